The molecule has 0 heterocycles. The maximum atomic E-state index is 13.7. The van der Waals surface area contributed by atoms with Crippen LogP contribution >= 0.6 is 0 Å². The highest BCUT2D eigenvalue weighted by atomic mass is 19.1. The zero-order valence-corrected chi connectivity index (χ0v) is 11.0. The van der Waals surface area contributed by atoms with E-state index >= 15 is 0 Å². The number of nitriles is 1. The van der Waals surface area contributed by atoms with Crippen molar-refractivity contribution < 1.29 is 14.2 Å². The molecule has 1 N–H and O–H groups in total. The van der Waals surface area contributed by atoms with Gasteiger partial charge < -0.3 is 9.84 Å². The fourth-order valence-electron chi connectivity index (χ4n) is 1.83. The summed E-state index contributed by atoms with van der Waals surface area (Å²) in [6.45, 7) is 1.76. The molecule has 0 aliphatic rings. The van der Waals surface area contributed by atoms with Gasteiger partial charge in [0, 0.05) is 11.6 Å². The number of aliphatic hydroxyl groups is 1. The minimum atomic E-state index is -0.851. The van der Waals surface area contributed by atoms with Crippen molar-refractivity contribution in [2.24, 2.45) is 0 Å². The molecule has 0 unspecified atom stereocenters. The Kier molecular flexibility index (Phi) is 4.34. The van der Waals surface area contributed by atoms with E-state index in [1.54, 1.807) is 24.3 Å². The molecule has 102 valence electrons. The monoisotopic (exact) mass is 271 g/mol. The molecule has 0 aliphatic heterocycles. The fraction of sp³-hybridized carbons (Fsp3) is 0.188. The summed E-state index contributed by atoms with van der Waals surface area (Å²) in [6.07, 6.45) is -0.851. The lowest BCUT2D eigenvalue weighted by atomic mass is 10.1. The number of ether oxygens (including phenoxy) is 1. The Morgan fingerprint density at radius 3 is 2.75 bits per heavy atom. The van der Waals surface area contributed by atoms with Crippen molar-refractivity contribution in [3.05, 3.63) is 65.0 Å². The van der Waals surface area contributed by atoms with E-state index in [0.29, 0.717) is 11.3 Å². The van der Waals surface area contributed by atoms with Gasteiger partial charge in [0.25, 0.3) is 0 Å². The van der Waals surface area contributed by atoms with Crippen molar-refractivity contribution in [2.75, 3.05) is 0 Å². The standard InChI is InChI=1S/C16H14FNO2/c1-11(19)15-6-5-14(8-16(15)17)20-10-13-4-2-3-12(7-13)9-18/h2-8,11,19H,10H2,1H3/t11-/m0/s1. The van der Waals surface area contributed by atoms with Gasteiger partial charge in [-0.1, -0.05) is 12.1 Å². The van der Waals surface area contributed by atoms with Crippen molar-refractivity contribution >= 4 is 0 Å². The Balaban J connectivity index is 2.07. The van der Waals surface area contributed by atoms with Crippen molar-refractivity contribution in [1.82, 2.24) is 0 Å². The molecule has 20 heavy (non-hydrogen) atoms. The maximum absolute atomic E-state index is 13.7. The summed E-state index contributed by atoms with van der Waals surface area (Å²) in [5.41, 5.74) is 1.63. The number of aliphatic hydroxyl groups excluding tert-OH is 1. The van der Waals surface area contributed by atoms with Crippen LogP contribution in [-0.2, 0) is 6.61 Å². The van der Waals surface area contributed by atoms with Gasteiger partial charge in [0.1, 0.15) is 18.2 Å². The van der Waals surface area contributed by atoms with Crippen LogP contribution in [0.2, 0.25) is 0 Å². The van der Waals surface area contributed by atoms with E-state index in [9.17, 15) is 9.50 Å². The third-order valence-corrected chi connectivity index (χ3v) is 2.88. The van der Waals surface area contributed by atoms with E-state index in [4.69, 9.17) is 10.00 Å². The molecule has 0 fully saturated rings. The molecule has 0 spiro atoms. The van der Waals surface area contributed by atoms with Crippen LogP contribution < -0.4 is 4.74 Å². The van der Waals surface area contributed by atoms with Gasteiger partial charge in [0.05, 0.1) is 17.7 Å². The zero-order chi connectivity index (χ0) is 14.5. The van der Waals surface area contributed by atoms with Crippen LogP contribution in [0, 0.1) is 17.1 Å². The number of hydrogen-bond donors (Lipinski definition) is 1. The molecule has 0 bridgehead atoms. The van der Waals surface area contributed by atoms with Crippen molar-refractivity contribution in [1.29, 1.82) is 5.26 Å². The first kappa shape index (κ1) is 14.0. The molecule has 2 aromatic rings. The lowest BCUT2D eigenvalue weighted by molar-refractivity contribution is 0.194. The summed E-state index contributed by atoms with van der Waals surface area (Å²) < 4.78 is 19.1. The second-order valence-electron chi connectivity index (χ2n) is 4.46. The van der Waals surface area contributed by atoms with E-state index in [0.717, 1.165) is 5.56 Å². The molecule has 0 amide bonds. The fourth-order valence-corrected chi connectivity index (χ4v) is 1.83. The third kappa shape index (κ3) is 3.34. The summed E-state index contributed by atoms with van der Waals surface area (Å²) in [7, 11) is 0. The van der Waals surface area contributed by atoms with E-state index in [-0.39, 0.29) is 12.2 Å². The second kappa shape index (κ2) is 6.18. The van der Waals surface area contributed by atoms with Crippen LogP contribution in [0.25, 0.3) is 0 Å². The Labute approximate surface area is 116 Å². The molecule has 2 aromatic carbocycles. The predicted octanol–water partition coefficient (Wildman–Crippen LogP) is 3.33. The maximum Gasteiger partial charge on any atom is 0.132 e. The normalized spacial score (nSPS) is 11.7. The molecule has 0 aliphatic carbocycles. The predicted molar refractivity (Wildman–Crippen MR) is 72.5 cm³/mol. The largest absolute Gasteiger partial charge is 0.489 e. The van der Waals surface area contributed by atoms with Crippen LogP contribution in [0.15, 0.2) is 42.5 Å². The van der Waals surface area contributed by atoms with Crippen LogP contribution in [-0.4, -0.2) is 5.11 Å². The van der Waals surface area contributed by atoms with Gasteiger partial charge in [0.15, 0.2) is 0 Å². The zero-order valence-electron chi connectivity index (χ0n) is 11.0. The first-order valence-corrected chi connectivity index (χ1v) is 6.19. The number of nitrogens with zero attached hydrogens (tertiary/aromatic N) is 1. The lowest BCUT2D eigenvalue weighted by Crippen LogP contribution is -1.99. The Morgan fingerprint density at radius 2 is 2.10 bits per heavy atom. The van der Waals surface area contributed by atoms with E-state index in [2.05, 4.69) is 6.07 Å². The van der Waals surface area contributed by atoms with E-state index < -0.39 is 11.9 Å². The summed E-state index contributed by atoms with van der Waals surface area (Å²) in [5.74, 6) is -0.113. The van der Waals surface area contributed by atoms with Gasteiger partial charge >= 0.3 is 0 Å². The number of hydrogen-bond acceptors (Lipinski definition) is 3. The molecule has 0 radical (unpaired) electrons. The molecule has 3 nitrogen and oxygen atoms in total. The molecular weight excluding hydrogens is 257 g/mol. The minimum absolute atomic E-state index is 0.240. The first-order chi connectivity index (χ1) is 9.60. The topological polar surface area (TPSA) is 53.2 Å². The number of halogens is 1. The van der Waals surface area contributed by atoms with E-state index in [1.807, 2.05) is 6.07 Å². The van der Waals surface area contributed by atoms with Crippen LogP contribution in [0.1, 0.15) is 29.7 Å². The minimum Gasteiger partial charge on any atom is -0.489 e. The van der Waals surface area contributed by atoms with Crippen molar-refractivity contribution in [2.45, 2.75) is 19.6 Å². The van der Waals surface area contributed by atoms with Crippen molar-refractivity contribution in [3.63, 3.8) is 0 Å². The summed E-state index contributed by atoms with van der Waals surface area (Å²) >= 11 is 0. The molecule has 0 aromatic heterocycles. The molecular formula is C16H14FNO2. The number of benzene rings is 2. The van der Waals surface area contributed by atoms with E-state index in [1.165, 1.54) is 19.1 Å². The van der Waals surface area contributed by atoms with Gasteiger partial charge in [-0.2, -0.15) is 5.26 Å². The van der Waals surface area contributed by atoms with Crippen LogP contribution in [0.5, 0.6) is 5.75 Å². The Bertz CT molecular complexity index is 647. The highest BCUT2D eigenvalue weighted by molar-refractivity contribution is 5.33. The molecule has 2 rings (SSSR count). The Morgan fingerprint density at radius 1 is 1.30 bits per heavy atom. The average Bonchev–Trinajstić information content (AvgIpc) is 2.45. The van der Waals surface area contributed by atoms with Gasteiger partial charge in [-0.25, -0.2) is 4.39 Å². The SMILES string of the molecule is C[C@H](O)c1ccc(OCc2cccc(C#N)c2)cc1F. The van der Waals surface area contributed by atoms with Crippen molar-refractivity contribution in [3.8, 4) is 11.8 Å². The number of rotatable bonds is 4. The highest BCUT2D eigenvalue weighted by Gasteiger charge is 2.09. The van der Waals surface area contributed by atoms with Gasteiger partial charge in [-0.15, -0.1) is 0 Å². The van der Waals surface area contributed by atoms with Gasteiger partial charge in [-0.05, 0) is 36.8 Å². The molecule has 0 saturated heterocycles. The summed E-state index contributed by atoms with van der Waals surface area (Å²) in [4.78, 5) is 0. The third-order valence-electron chi connectivity index (χ3n) is 2.88. The molecule has 1 atom stereocenters. The summed E-state index contributed by atoms with van der Waals surface area (Å²) in [5, 5.41) is 18.2. The first-order valence-electron chi connectivity index (χ1n) is 6.19. The van der Waals surface area contributed by atoms with Crippen LogP contribution in [0.4, 0.5) is 4.39 Å². The van der Waals surface area contributed by atoms with Crippen LogP contribution in [0.3, 0.4) is 0 Å². The lowest BCUT2D eigenvalue weighted by Gasteiger charge is -2.10. The quantitative estimate of drug-likeness (QED) is 0.928. The Hall–Kier alpha value is -2.38. The highest BCUT2D eigenvalue weighted by Crippen LogP contribution is 2.22. The van der Waals surface area contributed by atoms with Gasteiger partial charge in [0.2, 0.25) is 0 Å². The smallest absolute Gasteiger partial charge is 0.132 e. The molecule has 0 saturated carbocycles. The second-order valence-corrected chi connectivity index (χ2v) is 4.46. The summed E-state index contributed by atoms with van der Waals surface area (Å²) in [6, 6.07) is 13.4. The van der Waals surface area contributed by atoms with Gasteiger partial charge in [-0.3, -0.25) is 0 Å². The molecule has 4 heteroatoms. The average molecular weight is 271 g/mol.